The molecule has 0 saturated heterocycles. The van der Waals surface area contributed by atoms with Crippen molar-refractivity contribution < 1.29 is 9.53 Å². The van der Waals surface area contributed by atoms with Gasteiger partial charge in [-0.25, -0.2) is 4.98 Å². The smallest absolute Gasteiger partial charge is 0.257 e. The molecule has 0 saturated carbocycles. The molecule has 2 aromatic carbocycles. The highest BCUT2D eigenvalue weighted by Gasteiger charge is 2.32. The molecule has 7 heteroatoms. The van der Waals surface area contributed by atoms with E-state index in [1.54, 1.807) is 0 Å². The van der Waals surface area contributed by atoms with Crippen molar-refractivity contribution in [3.05, 3.63) is 81.6 Å². The lowest BCUT2D eigenvalue weighted by molar-refractivity contribution is -0.116. The number of carbonyl (C=O) groups excluding carboxylic acids is 1. The fraction of sp³-hybridized carbons (Fsp3) is 0.261. The predicted molar refractivity (Wildman–Crippen MR) is 118 cm³/mol. The maximum absolute atomic E-state index is 13.0. The number of hydrogen-bond acceptors (Lipinski definition) is 5. The highest BCUT2D eigenvalue weighted by atomic mass is 32.2. The molecule has 154 valence electrons. The summed E-state index contributed by atoms with van der Waals surface area (Å²) in [5.74, 6) is 1.15. The number of benzene rings is 2. The number of ether oxygens (including phenoxy) is 1. The van der Waals surface area contributed by atoms with Gasteiger partial charge >= 0.3 is 0 Å². The normalized spacial score (nSPS) is 15.4. The van der Waals surface area contributed by atoms with Crippen LogP contribution in [0.3, 0.4) is 0 Å². The van der Waals surface area contributed by atoms with Crippen LogP contribution in [0.1, 0.15) is 42.4 Å². The van der Waals surface area contributed by atoms with Gasteiger partial charge in [-0.05, 0) is 18.1 Å². The zero-order valence-electron chi connectivity index (χ0n) is 16.7. The minimum absolute atomic E-state index is 0.157. The van der Waals surface area contributed by atoms with Crippen LogP contribution in [0, 0.1) is 0 Å². The lowest BCUT2D eigenvalue weighted by atomic mass is 9.86. The second kappa shape index (κ2) is 9.17. The first-order valence-electron chi connectivity index (χ1n) is 9.98. The number of aromatic nitrogens is 2. The number of rotatable bonds is 7. The average Bonchev–Trinajstić information content (AvgIpc) is 2.76. The highest BCUT2D eigenvalue weighted by molar-refractivity contribution is 7.98. The molecule has 4 rings (SSSR count). The van der Waals surface area contributed by atoms with Gasteiger partial charge < -0.3 is 15.0 Å². The predicted octanol–water partition coefficient (Wildman–Crippen LogP) is 4.33. The Morgan fingerprint density at radius 1 is 1.10 bits per heavy atom. The molecule has 2 N–H and O–H groups in total. The molecule has 0 fully saturated rings. The van der Waals surface area contributed by atoms with Crippen molar-refractivity contribution in [1.82, 2.24) is 9.97 Å². The van der Waals surface area contributed by atoms with Crippen molar-refractivity contribution in [3.8, 4) is 5.75 Å². The molecular weight excluding hydrogens is 398 g/mol. The zero-order chi connectivity index (χ0) is 20.9. The summed E-state index contributed by atoms with van der Waals surface area (Å²) in [6.45, 7) is 2.61. The number of thioether (sulfide) groups is 1. The van der Waals surface area contributed by atoms with Crippen molar-refractivity contribution in [2.75, 3.05) is 11.9 Å². The van der Waals surface area contributed by atoms with Crippen LogP contribution in [0.25, 0.3) is 0 Å². The summed E-state index contributed by atoms with van der Waals surface area (Å²) in [5, 5.41) is 3.26. The molecule has 1 amide bonds. The first-order chi connectivity index (χ1) is 14.7. The van der Waals surface area contributed by atoms with Crippen LogP contribution in [0.15, 0.2) is 64.5 Å². The molecule has 6 nitrogen and oxygen atoms in total. The number of anilines is 1. The molecule has 1 aliphatic rings. The second-order valence-corrected chi connectivity index (χ2v) is 8.06. The van der Waals surface area contributed by atoms with E-state index in [-0.39, 0.29) is 17.9 Å². The Hall–Kier alpha value is -3.06. The number of nitrogens with one attached hydrogen (secondary N) is 2. The molecule has 1 aliphatic heterocycles. The van der Waals surface area contributed by atoms with Crippen LogP contribution in [-0.2, 0) is 10.5 Å². The molecule has 2 heterocycles. The van der Waals surface area contributed by atoms with Gasteiger partial charge in [-0.2, -0.15) is 0 Å². The number of fused-ring (bicyclic) bond motifs is 1. The monoisotopic (exact) mass is 421 g/mol. The minimum atomic E-state index is -0.397. The topological polar surface area (TPSA) is 84.1 Å². The third kappa shape index (κ3) is 4.41. The fourth-order valence-electron chi connectivity index (χ4n) is 3.52. The highest BCUT2D eigenvalue weighted by Crippen LogP contribution is 2.38. The number of aromatic amines is 1. The van der Waals surface area contributed by atoms with E-state index in [1.165, 1.54) is 11.8 Å². The first-order valence-corrected chi connectivity index (χ1v) is 11.0. The Morgan fingerprint density at radius 3 is 2.67 bits per heavy atom. The molecule has 0 spiro atoms. The Balaban J connectivity index is 1.67. The lowest BCUT2D eigenvalue weighted by Gasteiger charge is -2.26. The van der Waals surface area contributed by atoms with E-state index in [2.05, 4.69) is 15.3 Å². The van der Waals surface area contributed by atoms with E-state index >= 15 is 0 Å². The Kier molecular flexibility index (Phi) is 6.18. The summed E-state index contributed by atoms with van der Waals surface area (Å²) in [4.78, 5) is 32.9. The first kappa shape index (κ1) is 20.2. The van der Waals surface area contributed by atoms with Crippen LogP contribution >= 0.6 is 11.8 Å². The molecule has 30 heavy (non-hydrogen) atoms. The largest absolute Gasteiger partial charge is 0.493 e. The van der Waals surface area contributed by atoms with Gasteiger partial charge in [0, 0.05) is 23.7 Å². The molecule has 0 aliphatic carbocycles. The van der Waals surface area contributed by atoms with Crippen molar-refractivity contribution in [2.45, 2.75) is 36.6 Å². The Bertz CT molecular complexity index is 1100. The van der Waals surface area contributed by atoms with Crippen molar-refractivity contribution in [1.29, 1.82) is 0 Å². The van der Waals surface area contributed by atoms with Crippen molar-refractivity contribution in [3.63, 3.8) is 0 Å². The van der Waals surface area contributed by atoms with Gasteiger partial charge in [0.15, 0.2) is 5.16 Å². The van der Waals surface area contributed by atoms with Gasteiger partial charge in [-0.15, -0.1) is 0 Å². The molecule has 1 aromatic heterocycles. The maximum Gasteiger partial charge on any atom is 0.257 e. The van der Waals surface area contributed by atoms with E-state index in [9.17, 15) is 9.59 Å². The van der Waals surface area contributed by atoms with Crippen molar-refractivity contribution in [2.24, 2.45) is 0 Å². The quantitative estimate of drug-likeness (QED) is 0.438. The standard InChI is InChI=1S/C23H23N3O3S/c1-2-12-29-18-11-7-6-10-16(18)17-13-19(27)24-21-20(17)22(28)26-23(25-21)30-14-15-8-4-3-5-9-15/h3-11,17H,2,12-14H2,1H3,(H2,24,25,26,27,28). The summed E-state index contributed by atoms with van der Waals surface area (Å²) in [6.07, 6.45) is 1.06. The van der Waals surface area contributed by atoms with E-state index < -0.39 is 5.92 Å². The number of amides is 1. The maximum atomic E-state index is 13.0. The zero-order valence-corrected chi connectivity index (χ0v) is 17.5. The van der Waals surface area contributed by atoms with E-state index in [4.69, 9.17) is 4.74 Å². The molecule has 3 aromatic rings. The van der Waals surface area contributed by atoms with E-state index in [0.717, 1.165) is 17.5 Å². The molecule has 0 radical (unpaired) electrons. The van der Waals surface area contributed by atoms with Crippen LogP contribution < -0.4 is 15.6 Å². The van der Waals surface area contributed by atoms with Gasteiger partial charge in [0.25, 0.3) is 5.56 Å². The number of hydrogen-bond donors (Lipinski definition) is 2. The van der Waals surface area contributed by atoms with Gasteiger partial charge in [0.1, 0.15) is 11.6 Å². The number of para-hydroxylation sites is 1. The number of H-pyrrole nitrogens is 1. The van der Waals surface area contributed by atoms with Crippen LogP contribution in [0.2, 0.25) is 0 Å². The van der Waals surface area contributed by atoms with Crippen LogP contribution in [-0.4, -0.2) is 22.5 Å². The van der Waals surface area contributed by atoms with E-state index in [0.29, 0.717) is 34.6 Å². The Labute approximate surface area is 179 Å². The summed E-state index contributed by atoms with van der Waals surface area (Å²) in [6, 6.07) is 17.5. The average molecular weight is 422 g/mol. The molecule has 1 atom stereocenters. The SMILES string of the molecule is CCCOc1ccccc1C1CC(=O)Nc2nc(SCc3ccccc3)[nH]c(=O)c21. The van der Waals surface area contributed by atoms with Gasteiger partial charge in [0.05, 0.1) is 12.2 Å². The summed E-state index contributed by atoms with van der Waals surface area (Å²) in [7, 11) is 0. The molecule has 0 bridgehead atoms. The van der Waals surface area contributed by atoms with Crippen molar-refractivity contribution >= 4 is 23.5 Å². The molecule has 1 unspecified atom stereocenters. The van der Waals surface area contributed by atoms with E-state index in [1.807, 2.05) is 61.5 Å². The fourth-order valence-corrected chi connectivity index (χ4v) is 4.34. The Morgan fingerprint density at radius 2 is 1.87 bits per heavy atom. The second-order valence-electron chi connectivity index (χ2n) is 7.10. The van der Waals surface area contributed by atoms with Crippen LogP contribution in [0.4, 0.5) is 5.82 Å². The lowest BCUT2D eigenvalue weighted by Crippen LogP contribution is -2.31. The number of carbonyl (C=O) groups is 1. The summed E-state index contributed by atoms with van der Waals surface area (Å²) >= 11 is 1.43. The van der Waals surface area contributed by atoms with Gasteiger partial charge in [-0.3, -0.25) is 9.59 Å². The minimum Gasteiger partial charge on any atom is -0.493 e. The number of nitrogens with zero attached hydrogens (tertiary/aromatic N) is 1. The molecular formula is C23H23N3O3S. The van der Waals surface area contributed by atoms with Gasteiger partial charge in [0.2, 0.25) is 5.91 Å². The summed E-state index contributed by atoms with van der Waals surface area (Å²) in [5.41, 5.74) is 2.21. The third-order valence-electron chi connectivity index (χ3n) is 4.90. The summed E-state index contributed by atoms with van der Waals surface area (Å²) < 4.78 is 5.87. The third-order valence-corrected chi connectivity index (χ3v) is 5.85. The van der Waals surface area contributed by atoms with Gasteiger partial charge in [-0.1, -0.05) is 67.2 Å². The van der Waals surface area contributed by atoms with Crippen LogP contribution in [0.5, 0.6) is 5.75 Å².